The van der Waals surface area contributed by atoms with Gasteiger partial charge in [-0.2, -0.15) is 13.2 Å². The van der Waals surface area contributed by atoms with Crippen LogP contribution in [0.4, 0.5) is 13.2 Å². The van der Waals surface area contributed by atoms with E-state index in [1.54, 1.807) is 6.92 Å². The van der Waals surface area contributed by atoms with Crippen LogP contribution in [-0.4, -0.2) is 30.3 Å². The first-order valence-electron chi connectivity index (χ1n) is 6.32. The van der Waals surface area contributed by atoms with Crippen LogP contribution in [0.3, 0.4) is 0 Å². The summed E-state index contributed by atoms with van der Waals surface area (Å²) < 4.78 is 40.9. The Morgan fingerprint density at radius 1 is 1.14 bits per heavy atom. The van der Waals surface area contributed by atoms with Crippen LogP contribution in [-0.2, 0) is 14.3 Å². The van der Waals surface area contributed by atoms with Crippen molar-refractivity contribution in [3.63, 3.8) is 0 Å². The first kappa shape index (κ1) is 17.6. The van der Waals surface area contributed by atoms with Crippen LogP contribution >= 0.6 is 0 Å². The molecule has 0 atom stereocenters. The van der Waals surface area contributed by atoms with Gasteiger partial charge in [0.2, 0.25) is 5.78 Å². The number of Topliss-reactive ketones (excluding diaryl/α,β-unsaturated/α-hetero) is 2. The number of carbonyl (C=O) groups is 3. The second-order valence-electron chi connectivity index (χ2n) is 4.23. The largest absolute Gasteiger partial charge is 0.463 e. The third-order valence-corrected chi connectivity index (χ3v) is 2.57. The van der Waals surface area contributed by atoms with Crippen molar-refractivity contribution in [3.8, 4) is 0 Å². The number of rotatable bonds is 6. The molecule has 22 heavy (non-hydrogen) atoms. The Balaban J connectivity index is 2.70. The first-order chi connectivity index (χ1) is 10.2. The molecule has 0 aliphatic rings. The SMILES string of the molecule is CCOC(=O)C=Cc1ccc(C(=O)CC(=O)C(F)(F)F)cc1. The van der Waals surface area contributed by atoms with Gasteiger partial charge in [0.1, 0.15) is 0 Å². The summed E-state index contributed by atoms with van der Waals surface area (Å²) in [6.07, 6.45) is -3.61. The van der Waals surface area contributed by atoms with Crippen molar-refractivity contribution >= 4 is 23.6 Å². The van der Waals surface area contributed by atoms with E-state index in [1.165, 1.54) is 36.4 Å². The van der Waals surface area contributed by atoms with E-state index >= 15 is 0 Å². The average Bonchev–Trinajstić information content (AvgIpc) is 2.45. The zero-order valence-electron chi connectivity index (χ0n) is 11.6. The van der Waals surface area contributed by atoms with Crippen molar-refractivity contribution in [1.29, 1.82) is 0 Å². The maximum atomic E-state index is 12.1. The third-order valence-electron chi connectivity index (χ3n) is 2.57. The smallest absolute Gasteiger partial charge is 0.450 e. The summed E-state index contributed by atoms with van der Waals surface area (Å²) in [5.41, 5.74) is 0.553. The quantitative estimate of drug-likeness (QED) is 0.350. The van der Waals surface area contributed by atoms with Gasteiger partial charge in [-0.05, 0) is 18.6 Å². The van der Waals surface area contributed by atoms with E-state index in [9.17, 15) is 27.6 Å². The van der Waals surface area contributed by atoms with E-state index in [2.05, 4.69) is 4.74 Å². The summed E-state index contributed by atoms with van der Waals surface area (Å²) in [6, 6.07) is 5.47. The Bertz CT molecular complexity index is 586. The van der Waals surface area contributed by atoms with Gasteiger partial charge in [-0.15, -0.1) is 0 Å². The monoisotopic (exact) mass is 314 g/mol. The lowest BCUT2D eigenvalue weighted by molar-refractivity contribution is -0.170. The number of hydrogen-bond donors (Lipinski definition) is 0. The fourth-order valence-electron chi connectivity index (χ4n) is 1.48. The zero-order chi connectivity index (χ0) is 16.8. The highest BCUT2D eigenvalue weighted by atomic mass is 19.4. The van der Waals surface area contributed by atoms with Crippen molar-refractivity contribution in [3.05, 3.63) is 41.5 Å². The highest BCUT2D eigenvalue weighted by molar-refractivity contribution is 6.09. The van der Waals surface area contributed by atoms with Crippen molar-refractivity contribution in [2.45, 2.75) is 19.5 Å². The van der Waals surface area contributed by atoms with E-state index < -0.39 is 30.1 Å². The molecule has 0 saturated heterocycles. The van der Waals surface area contributed by atoms with Crippen LogP contribution in [0.2, 0.25) is 0 Å². The van der Waals surface area contributed by atoms with Crippen LogP contribution in [0.15, 0.2) is 30.3 Å². The lowest BCUT2D eigenvalue weighted by Gasteiger charge is -2.04. The lowest BCUT2D eigenvalue weighted by atomic mass is 10.0. The molecule has 1 rings (SSSR count). The molecular weight excluding hydrogens is 301 g/mol. The van der Waals surface area contributed by atoms with Gasteiger partial charge < -0.3 is 4.74 Å². The molecule has 0 spiro atoms. The first-order valence-corrected chi connectivity index (χ1v) is 6.32. The highest BCUT2D eigenvalue weighted by Crippen LogP contribution is 2.19. The molecule has 0 N–H and O–H groups in total. The molecule has 0 unspecified atom stereocenters. The molecule has 1 aromatic carbocycles. The fourth-order valence-corrected chi connectivity index (χ4v) is 1.48. The van der Waals surface area contributed by atoms with Crippen molar-refractivity contribution < 1.29 is 32.3 Å². The number of carbonyl (C=O) groups excluding carboxylic acids is 3. The van der Waals surface area contributed by atoms with Crippen LogP contribution in [0.1, 0.15) is 29.3 Å². The Morgan fingerprint density at radius 2 is 1.73 bits per heavy atom. The number of halogens is 3. The highest BCUT2D eigenvalue weighted by Gasteiger charge is 2.39. The predicted molar refractivity (Wildman–Crippen MR) is 72.1 cm³/mol. The topological polar surface area (TPSA) is 60.4 Å². The minimum atomic E-state index is -5.02. The number of ether oxygens (including phenoxy) is 1. The summed E-state index contributed by atoms with van der Waals surface area (Å²) in [6.45, 7) is 1.90. The molecule has 0 aliphatic carbocycles. The molecule has 0 amide bonds. The van der Waals surface area contributed by atoms with E-state index in [1.807, 2.05) is 0 Å². The van der Waals surface area contributed by atoms with Crippen molar-refractivity contribution in [2.75, 3.05) is 6.61 Å². The Morgan fingerprint density at radius 3 is 2.23 bits per heavy atom. The minimum Gasteiger partial charge on any atom is -0.463 e. The van der Waals surface area contributed by atoms with Gasteiger partial charge >= 0.3 is 12.1 Å². The van der Waals surface area contributed by atoms with Crippen LogP contribution in [0.5, 0.6) is 0 Å². The van der Waals surface area contributed by atoms with E-state index in [0.29, 0.717) is 5.56 Å². The predicted octanol–water partition coefficient (Wildman–Crippen LogP) is 2.97. The maximum Gasteiger partial charge on any atom is 0.450 e. The van der Waals surface area contributed by atoms with Gasteiger partial charge in [0, 0.05) is 11.6 Å². The Labute approximate surface area is 124 Å². The molecule has 0 aromatic heterocycles. The number of ketones is 2. The molecule has 0 bridgehead atoms. The third kappa shape index (κ3) is 5.51. The fraction of sp³-hybridized carbons (Fsp3) is 0.267. The standard InChI is InChI=1S/C15H13F3O4/c1-2-22-14(21)8-5-10-3-6-11(7-4-10)12(19)9-13(20)15(16,17)18/h3-8H,2,9H2,1H3. The maximum absolute atomic E-state index is 12.1. The molecule has 4 nitrogen and oxygen atoms in total. The van der Waals surface area contributed by atoms with Crippen LogP contribution in [0.25, 0.3) is 6.08 Å². The normalized spacial score (nSPS) is 11.5. The lowest BCUT2D eigenvalue weighted by Crippen LogP contribution is -2.25. The molecular formula is C15H13F3O4. The van der Waals surface area contributed by atoms with Gasteiger partial charge in [0.15, 0.2) is 5.78 Å². The van der Waals surface area contributed by atoms with Gasteiger partial charge in [-0.3, -0.25) is 9.59 Å². The Kier molecular flexibility index (Phi) is 6.03. The summed E-state index contributed by atoms with van der Waals surface area (Å²) in [7, 11) is 0. The molecule has 0 heterocycles. The molecule has 1 aromatic rings. The Hall–Kier alpha value is -2.44. The van der Waals surface area contributed by atoms with Crippen molar-refractivity contribution in [1.82, 2.24) is 0 Å². The van der Waals surface area contributed by atoms with E-state index in [0.717, 1.165) is 0 Å². The second kappa shape index (κ2) is 7.53. The van der Waals surface area contributed by atoms with Gasteiger partial charge in [0.25, 0.3) is 0 Å². The van der Waals surface area contributed by atoms with E-state index in [-0.39, 0.29) is 12.2 Å². The molecule has 118 valence electrons. The molecule has 7 heteroatoms. The molecule has 0 aliphatic heterocycles. The summed E-state index contributed by atoms with van der Waals surface area (Å²) in [5, 5.41) is 0. The number of esters is 1. The number of alkyl halides is 3. The number of hydrogen-bond acceptors (Lipinski definition) is 4. The number of benzene rings is 1. The second-order valence-corrected chi connectivity index (χ2v) is 4.23. The van der Waals surface area contributed by atoms with Crippen LogP contribution < -0.4 is 0 Å². The van der Waals surface area contributed by atoms with Gasteiger partial charge in [-0.1, -0.05) is 24.3 Å². The van der Waals surface area contributed by atoms with Crippen LogP contribution in [0, 0.1) is 0 Å². The summed E-state index contributed by atoms with van der Waals surface area (Å²) in [5.74, 6) is -3.52. The zero-order valence-corrected chi connectivity index (χ0v) is 11.6. The minimum absolute atomic E-state index is 0.00844. The molecule has 0 radical (unpaired) electrons. The molecule has 0 fully saturated rings. The van der Waals surface area contributed by atoms with E-state index in [4.69, 9.17) is 0 Å². The van der Waals surface area contributed by atoms with Gasteiger partial charge in [0.05, 0.1) is 13.0 Å². The van der Waals surface area contributed by atoms with Crippen molar-refractivity contribution in [2.24, 2.45) is 0 Å². The summed E-state index contributed by atoms with van der Waals surface area (Å²) >= 11 is 0. The molecule has 0 saturated carbocycles. The van der Waals surface area contributed by atoms with Gasteiger partial charge in [-0.25, -0.2) is 4.79 Å². The average molecular weight is 314 g/mol. The summed E-state index contributed by atoms with van der Waals surface area (Å²) in [4.78, 5) is 33.4.